The van der Waals surface area contributed by atoms with Crippen LogP contribution in [0.25, 0.3) is 0 Å². The average Bonchev–Trinajstić information content (AvgIpc) is 2.38. The molecule has 0 fully saturated rings. The van der Waals surface area contributed by atoms with E-state index in [1.807, 2.05) is 0 Å². The van der Waals surface area contributed by atoms with Crippen molar-refractivity contribution in [2.45, 2.75) is 24.2 Å². The second-order valence-corrected chi connectivity index (χ2v) is 6.23. The molecular weight excluding hydrogens is 278 g/mol. The second kappa shape index (κ2) is 7.79. The SMILES string of the molecule is CN(C)C(=O)CCCS(=O)c1ccc(CC(=O)O)cc1. The molecule has 0 radical (unpaired) electrons. The molecule has 1 aromatic carbocycles. The normalized spacial score (nSPS) is 11.9. The van der Waals surface area contributed by atoms with Gasteiger partial charge in [0.05, 0.1) is 17.2 Å². The maximum atomic E-state index is 12.0. The summed E-state index contributed by atoms with van der Waals surface area (Å²) in [5.41, 5.74) is 0.682. The van der Waals surface area contributed by atoms with E-state index in [4.69, 9.17) is 5.11 Å². The van der Waals surface area contributed by atoms with Gasteiger partial charge in [-0.3, -0.25) is 13.8 Å². The second-order valence-electron chi connectivity index (χ2n) is 4.66. The topological polar surface area (TPSA) is 74.7 Å². The number of benzene rings is 1. The first kappa shape index (κ1) is 16.4. The molecule has 20 heavy (non-hydrogen) atoms. The Kier molecular flexibility index (Phi) is 6.38. The molecular formula is C14H19NO4S. The van der Waals surface area contributed by atoms with Crippen molar-refractivity contribution < 1.29 is 18.9 Å². The Morgan fingerprint density at radius 1 is 1.20 bits per heavy atom. The molecule has 1 rings (SSSR count). The molecule has 1 atom stereocenters. The highest BCUT2D eigenvalue weighted by molar-refractivity contribution is 7.85. The number of carboxylic acid groups (broad SMARTS) is 1. The first-order valence-corrected chi connectivity index (χ1v) is 7.61. The highest BCUT2D eigenvalue weighted by Gasteiger charge is 2.08. The van der Waals surface area contributed by atoms with Gasteiger partial charge in [0, 0.05) is 31.2 Å². The zero-order valence-electron chi connectivity index (χ0n) is 11.7. The lowest BCUT2D eigenvalue weighted by Gasteiger charge is -2.09. The Balaban J connectivity index is 2.47. The number of hydrogen-bond acceptors (Lipinski definition) is 3. The van der Waals surface area contributed by atoms with Gasteiger partial charge in [-0.05, 0) is 24.1 Å². The molecule has 0 saturated carbocycles. The molecule has 0 bridgehead atoms. The summed E-state index contributed by atoms with van der Waals surface area (Å²) in [7, 11) is 2.24. The minimum Gasteiger partial charge on any atom is -0.481 e. The van der Waals surface area contributed by atoms with E-state index in [0.717, 1.165) is 0 Å². The van der Waals surface area contributed by atoms with Crippen molar-refractivity contribution in [2.24, 2.45) is 0 Å². The zero-order valence-corrected chi connectivity index (χ0v) is 12.5. The van der Waals surface area contributed by atoms with Gasteiger partial charge in [-0.2, -0.15) is 0 Å². The van der Waals surface area contributed by atoms with Gasteiger partial charge >= 0.3 is 5.97 Å². The van der Waals surface area contributed by atoms with E-state index in [1.54, 1.807) is 38.4 Å². The number of carbonyl (C=O) groups is 2. The number of carbonyl (C=O) groups excluding carboxylic acids is 1. The average molecular weight is 297 g/mol. The van der Waals surface area contributed by atoms with Crippen molar-refractivity contribution in [1.82, 2.24) is 4.90 Å². The highest BCUT2D eigenvalue weighted by atomic mass is 32.2. The van der Waals surface area contributed by atoms with Gasteiger partial charge in [0.15, 0.2) is 0 Å². The fourth-order valence-corrected chi connectivity index (χ4v) is 2.71. The van der Waals surface area contributed by atoms with Crippen LogP contribution in [0, 0.1) is 0 Å². The summed E-state index contributed by atoms with van der Waals surface area (Å²) in [6.45, 7) is 0. The van der Waals surface area contributed by atoms with E-state index >= 15 is 0 Å². The highest BCUT2D eigenvalue weighted by Crippen LogP contribution is 2.11. The van der Waals surface area contributed by atoms with Crippen LogP contribution in [-0.4, -0.2) is 45.9 Å². The smallest absolute Gasteiger partial charge is 0.307 e. The Labute approximate surface area is 121 Å². The summed E-state index contributed by atoms with van der Waals surface area (Å²) in [6, 6.07) is 6.71. The van der Waals surface area contributed by atoms with E-state index in [9.17, 15) is 13.8 Å². The van der Waals surface area contributed by atoms with Crippen LogP contribution in [0.15, 0.2) is 29.2 Å². The zero-order chi connectivity index (χ0) is 15.1. The predicted molar refractivity (Wildman–Crippen MR) is 77.0 cm³/mol. The maximum Gasteiger partial charge on any atom is 0.307 e. The fraction of sp³-hybridized carbons (Fsp3) is 0.429. The molecule has 1 aromatic rings. The van der Waals surface area contributed by atoms with E-state index in [0.29, 0.717) is 29.1 Å². The van der Waals surface area contributed by atoms with Gasteiger partial charge < -0.3 is 10.0 Å². The summed E-state index contributed by atoms with van der Waals surface area (Å²) in [5.74, 6) is -0.433. The summed E-state index contributed by atoms with van der Waals surface area (Å²) in [5, 5.41) is 8.66. The molecule has 0 heterocycles. The monoisotopic (exact) mass is 297 g/mol. The molecule has 0 aliphatic carbocycles. The molecule has 1 unspecified atom stereocenters. The van der Waals surface area contributed by atoms with Crippen LogP contribution < -0.4 is 0 Å². The van der Waals surface area contributed by atoms with Gasteiger partial charge in [0.25, 0.3) is 0 Å². The quantitative estimate of drug-likeness (QED) is 0.823. The summed E-state index contributed by atoms with van der Waals surface area (Å²) < 4.78 is 12.0. The Bertz CT molecular complexity index is 496. The molecule has 110 valence electrons. The van der Waals surface area contributed by atoms with Crippen LogP contribution >= 0.6 is 0 Å². The van der Waals surface area contributed by atoms with Gasteiger partial charge in [-0.25, -0.2) is 0 Å². The van der Waals surface area contributed by atoms with Crippen LogP contribution in [-0.2, 0) is 26.8 Å². The Morgan fingerprint density at radius 2 is 1.80 bits per heavy atom. The van der Waals surface area contributed by atoms with E-state index in [1.165, 1.54) is 4.90 Å². The van der Waals surface area contributed by atoms with Crippen LogP contribution in [0.1, 0.15) is 18.4 Å². The van der Waals surface area contributed by atoms with Gasteiger partial charge in [-0.1, -0.05) is 12.1 Å². The lowest BCUT2D eigenvalue weighted by molar-refractivity contribution is -0.136. The minimum atomic E-state index is -1.15. The van der Waals surface area contributed by atoms with Gasteiger partial charge in [0.2, 0.25) is 5.91 Å². The molecule has 1 amide bonds. The van der Waals surface area contributed by atoms with E-state index in [2.05, 4.69) is 0 Å². The fourth-order valence-electron chi connectivity index (χ4n) is 1.63. The molecule has 0 saturated heterocycles. The van der Waals surface area contributed by atoms with Crippen molar-refractivity contribution in [2.75, 3.05) is 19.8 Å². The number of nitrogens with zero attached hydrogens (tertiary/aromatic N) is 1. The lowest BCUT2D eigenvalue weighted by Crippen LogP contribution is -2.21. The predicted octanol–water partition coefficient (Wildman–Crippen LogP) is 1.29. The summed E-state index contributed by atoms with van der Waals surface area (Å²) in [4.78, 5) is 24.1. The number of aliphatic carboxylic acids is 1. The van der Waals surface area contributed by atoms with Crippen LogP contribution in [0.3, 0.4) is 0 Å². The maximum absolute atomic E-state index is 12.0. The van der Waals surface area contributed by atoms with E-state index in [-0.39, 0.29) is 12.3 Å². The van der Waals surface area contributed by atoms with Gasteiger partial charge in [-0.15, -0.1) is 0 Å². The van der Waals surface area contributed by atoms with Crippen molar-refractivity contribution >= 4 is 22.7 Å². The van der Waals surface area contributed by atoms with Crippen LogP contribution in [0.4, 0.5) is 0 Å². The summed E-state index contributed by atoms with van der Waals surface area (Å²) in [6.07, 6.45) is 0.917. The van der Waals surface area contributed by atoms with Crippen molar-refractivity contribution in [1.29, 1.82) is 0 Å². The molecule has 5 nitrogen and oxygen atoms in total. The Morgan fingerprint density at radius 3 is 2.30 bits per heavy atom. The third kappa shape index (κ3) is 5.52. The number of hydrogen-bond donors (Lipinski definition) is 1. The summed E-state index contributed by atoms with van der Waals surface area (Å²) >= 11 is 0. The Hall–Kier alpha value is -1.69. The van der Waals surface area contributed by atoms with Crippen molar-refractivity contribution in [3.63, 3.8) is 0 Å². The molecule has 6 heteroatoms. The molecule has 0 aromatic heterocycles. The van der Waals surface area contributed by atoms with Crippen molar-refractivity contribution in [3.8, 4) is 0 Å². The van der Waals surface area contributed by atoms with Crippen LogP contribution in [0.5, 0.6) is 0 Å². The standard InChI is InChI=1S/C14H19NO4S/c1-15(2)13(16)4-3-9-20(19)12-7-5-11(6-8-12)10-14(17)18/h5-8H,3-4,9-10H2,1-2H3,(H,17,18). The third-order valence-electron chi connectivity index (χ3n) is 2.76. The molecule has 0 aliphatic rings. The van der Waals surface area contributed by atoms with Crippen LogP contribution in [0.2, 0.25) is 0 Å². The first-order chi connectivity index (χ1) is 9.40. The molecule has 0 spiro atoms. The number of carboxylic acids is 1. The number of rotatable bonds is 7. The van der Waals surface area contributed by atoms with Crippen molar-refractivity contribution in [3.05, 3.63) is 29.8 Å². The molecule has 0 aliphatic heterocycles. The minimum absolute atomic E-state index is 0.0267. The first-order valence-electron chi connectivity index (χ1n) is 6.29. The van der Waals surface area contributed by atoms with E-state index < -0.39 is 16.8 Å². The molecule has 1 N–H and O–H groups in total. The van der Waals surface area contributed by atoms with Gasteiger partial charge in [0.1, 0.15) is 0 Å². The number of amides is 1. The third-order valence-corrected chi connectivity index (χ3v) is 4.22. The lowest BCUT2D eigenvalue weighted by atomic mass is 10.2. The largest absolute Gasteiger partial charge is 0.481 e.